The van der Waals surface area contributed by atoms with Gasteiger partial charge in [-0.15, -0.1) is 0 Å². The summed E-state index contributed by atoms with van der Waals surface area (Å²) in [6.07, 6.45) is 0.863. The van der Waals surface area contributed by atoms with Crippen molar-refractivity contribution >= 4 is 16.8 Å². The number of H-pyrrole nitrogens is 1. The number of aromatic nitrogens is 1. The molecule has 0 aliphatic carbocycles. The Bertz CT molecular complexity index is 1380. The van der Waals surface area contributed by atoms with Gasteiger partial charge in [0.2, 0.25) is 0 Å². The molecular weight excluding hydrogens is 482 g/mol. The van der Waals surface area contributed by atoms with Crippen LogP contribution >= 0.6 is 0 Å². The fourth-order valence-corrected chi connectivity index (χ4v) is 4.53. The van der Waals surface area contributed by atoms with Crippen LogP contribution in [0, 0.1) is 0 Å². The van der Waals surface area contributed by atoms with Crippen molar-refractivity contribution in [3.63, 3.8) is 0 Å². The van der Waals surface area contributed by atoms with Crippen LogP contribution in [-0.2, 0) is 19.6 Å². The van der Waals surface area contributed by atoms with Crippen LogP contribution in [0.3, 0.4) is 0 Å². The van der Waals surface area contributed by atoms with E-state index in [1.807, 2.05) is 42.5 Å². The summed E-state index contributed by atoms with van der Waals surface area (Å²) in [5, 5.41) is 37.0. The van der Waals surface area contributed by atoms with Crippen LogP contribution in [0.5, 0.6) is 11.5 Å². The van der Waals surface area contributed by atoms with Crippen LogP contribution in [0.25, 0.3) is 10.9 Å². The molecule has 4 rings (SSSR count). The lowest BCUT2D eigenvalue weighted by Gasteiger charge is -2.20. The number of hydrogen-bond donors (Lipinski definition) is 6. The first kappa shape index (κ1) is 27.2. The molecular formula is C30H35N3O5. The molecule has 8 heteroatoms. The SMILES string of the molecule is CC[C@@H](Cc1ccc2[nH]c(C(=O)NCc3ccccc3OC)cc2c1)NC[C@@H](O)c1ccc(O)c(CO)c1. The molecule has 0 fully saturated rings. The van der Waals surface area contributed by atoms with Crippen LogP contribution in [-0.4, -0.2) is 45.9 Å². The number of para-hydroxylation sites is 1. The number of methoxy groups -OCH3 is 1. The summed E-state index contributed by atoms with van der Waals surface area (Å²) in [6, 6.07) is 20.5. The van der Waals surface area contributed by atoms with Crippen molar-refractivity contribution in [2.24, 2.45) is 0 Å². The number of carbonyl (C=O) groups excluding carboxylic acids is 1. The number of aromatic hydroxyl groups is 1. The third-order valence-corrected chi connectivity index (χ3v) is 6.80. The minimum absolute atomic E-state index is 0.0139. The summed E-state index contributed by atoms with van der Waals surface area (Å²) >= 11 is 0. The van der Waals surface area contributed by atoms with E-state index in [9.17, 15) is 20.1 Å². The van der Waals surface area contributed by atoms with E-state index in [0.717, 1.165) is 40.6 Å². The Hall–Kier alpha value is -3.85. The predicted molar refractivity (Wildman–Crippen MR) is 147 cm³/mol. The van der Waals surface area contributed by atoms with Gasteiger partial charge < -0.3 is 35.7 Å². The van der Waals surface area contributed by atoms with Crippen molar-refractivity contribution in [2.45, 2.75) is 45.1 Å². The van der Waals surface area contributed by atoms with Gasteiger partial charge in [0, 0.05) is 41.2 Å². The molecule has 2 atom stereocenters. The number of aromatic amines is 1. The number of rotatable bonds is 12. The van der Waals surface area contributed by atoms with Crippen LogP contribution in [0.2, 0.25) is 0 Å². The highest BCUT2D eigenvalue weighted by atomic mass is 16.5. The van der Waals surface area contributed by atoms with Gasteiger partial charge in [0.25, 0.3) is 5.91 Å². The Balaban J connectivity index is 1.36. The quantitative estimate of drug-likeness (QED) is 0.169. The Morgan fingerprint density at radius 2 is 1.87 bits per heavy atom. The smallest absolute Gasteiger partial charge is 0.267 e. The zero-order valence-corrected chi connectivity index (χ0v) is 21.7. The number of nitrogens with one attached hydrogen (secondary N) is 3. The highest BCUT2D eigenvalue weighted by Crippen LogP contribution is 2.23. The van der Waals surface area contributed by atoms with Gasteiger partial charge in [-0.25, -0.2) is 0 Å². The van der Waals surface area contributed by atoms with E-state index in [1.54, 1.807) is 19.2 Å². The standard InChI is InChI=1S/C30H35N3O5/c1-3-24(31-17-28(36)20-9-11-27(35)23(14-20)18-34)13-19-8-10-25-22(12-19)15-26(33-25)30(37)32-16-21-6-4-5-7-29(21)38-2/h4-12,14-15,24,28,31,33-36H,3,13,16-18H2,1-2H3,(H,32,37)/t24-,28+/m0/s1. The molecule has 200 valence electrons. The number of hydrogen-bond acceptors (Lipinski definition) is 6. The zero-order valence-electron chi connectivity index (χ0n) is 21.7. The first-order valence-corrected chi connectivity index (χ1v) is 12.8. The topological polar surface area (TPSA) is 127 Å². The minimum atomic E-state index is -0.765. The summed E-state index contributed by atoms with van der Waals surface area (Å²) in [5.74, 6) is 0.563. The van der Waals surface area contributed by atoms with Crippen molar-refractivity contribution in [1.29, 1.82) is 0 Å². The average molecular weight is 518 g/mol. The van der Waals surface area contributed by atoms with Crippen molar-refractivity contribution in [2.75, 3.05) is 13.7 Å². The summed E-state index contributed by atoms with van der Waals surface area (Å²) < 4.78 is 5.36. The number of aliphatic hydroxyl groups is 2. The second kappa shape index (κ2) is 12.6. The van der Waals surface area contributed by atoms with Crippen LogP contribution in [0.4, 0.5) is 0 Å². The number of amides is 1. The molecule has 0 spiro atoms. The van der Waals surface area contributed by atoms with E-state index in [2.05, 4.69) is 28.6 Å². The largest absolute Gasteiger partial charge is 0.508 e. The molecule has 3 aromatic carbocycles. The fraction of sp³-hybridized carbons (Fsp3) is 0.300. The maximum absolute atomic E-state index is 12.8. The van der Waals surface area contributed by atoms with E-state index < -0.39 is 6.10 Å². The second-order valence-corrected chi connectivity index (χ2v) is 9.38. The fourth-order valence-electron chi connectivity index (χ4n) is 4.53. The van der Waals surface area contributed by atoms with Gasteiger partial charge in [-0.05, 0) is 60.4 Å². The molecule has 8 nitrogen and oxygen atoms in total. The maximum atomic E-state index is 12.8. The highest BCUT2D eigenvalue weighted by molar-refractivity contribution is 5.98. The van der Waals surface area contributed by atoms with Crippen LogP contribution < -0.4 is 15.4 Å². The normalized spacial score (nSPS) is 12.8. The number of aliphatic hydroxyl groups excluding tert-OH is 2. The molecule has 6 N–H and O–H groups in total. The first-order chi connectivity index (χ1) is 18.4. The number of ether oxygens (including phenoxy) is 1. The zero-order chi connectivity index (χ0) is 27.1. The number of benzene rings is 3. The highest BCUT2D eigenvalue weighted by Gasteiger charge is 2.15. The lowest BCUT2D eigenvalue weighted by Crippen LogP contribution is -2.34. The van der Waals surface area contributed by atoms with Crippen molar-refractivity contribution in [3.8, 4) is 11.5 Å². The van der Waals surface area contributed by atoms with Crippen molar-refractivity contribution in [3.05, 3.63) is 94.7 Å². The Labute approximate surface area is 222 Å². The van der Waals surface area contributed by atoms with Gasteiger partial charge in [-0.3, -0.25) is 4.79 Å². The molecule has 0 bridgehead atoms. The van der Waals surface area contributed by atoms with Crippen LogP contribution in [0.1, 0.15) is 52.2 Å². The monoisotopic (exact) mass is 517 g/mol. The van der Waals surface area contributed by atoms with Crippen molar-refractivity contribution in [1.82, 2.24) is 15.6 Å². The first-order valence-electron chi connectivity index (χ1n) is 12.8. The van der Waals surface area contributed by atoms with E-state index in [-0.39, 0.29) is 24.3 Å². The van der Waals surface area contributed by atoms with Gasteiger partial charge in [-0.2, -0.15) is 0 Å². The number of carbonyl (C=O) groups is 1. The lowest BCUT2D eigenvalue weighted by molar-refractivity contribution is 0.0946. The predicted octanol–water partition coefficient (Wildman–Crippen LogP) is 3.95. The Kier molecular flexibility index (Phi) is 9.02. The maximum Gasteiger partial charge on any atom is 0.267 e. The van der Waals surface area contributed by atoms with E-state index in [4.69, 9.17) is 4.74 Å². The molecule has 0 radical (unpaired) electrons. The Morgan fingerprint density at radius 1 is 1.05 bits per heavy atom. The van der Waals surface area contributed by atoms with Gasteiger partial charge in [0.1, 0.15) is 17.2 Å². The molecule has 1 aromatic heterocycles. The molecule has 0 saturated carbocycles. The number of phenols is 1. The minimum Gasteiger partial charge on any atom is -0.508 e. The van der Waals surface area contributed by atoms with E-state index in [0.29, 0.717) is 29.9 Å². The molecule has 0 aliphatic heterocycles. The second-order valence-electron chi connectivity index (χ2n) is 9.38. The summed E-state index contributed by atoms with van der Waals surface area (Å²) in [4.78, 5) is 16.0. The summed E-state index contributed by atoms with van der Waals surface area (Å²) in [7, 11) is 1.61. The third-order valence-electron chi connectivity index (χ3n) is 6.80. The molecule has 0 unspecified atom stereocenters. The van der Waals surface area contributed by atoms with Gasteiger partial charge in [0.05, 0.1) is 19.8 Å². The lowest BCUT2D eigenvalue weighted by atomic mass is 10.0. The van der Waals surface area contributed by atoms with Gasteiger partial charge in [0.15, 0.2) is 0 Å². The van der Waals surface area contributed by atoms with E-state index in [1.165, 1.54) is 6.07 Å². The summed E-state index contributed by atoms with van der Waals surface area (Å²) in [6.45, 7) is 2.51. The van der Waals surface area contributed by atoms with Gasteiger partial charge in [-0.1, -0.05) is 37.3 Å². The molecule has 0 saturated heterocycles. The molecule has 0 aliphatic rings. The average Bonchev–Trinajstić information content (AvgIpc) is 3.37. The van der Waals surface area contributed by atoms with E-state index >= 15 is 0 Å². The third kappa shape index (κ3) is 6.52. The number of fused-ring (bicyclic) bond motifs is 1. The molecule has 38 heavy (non-hydrogen) atoms. The molecule has 4 aromatic rings. The van der Waals surface area contributed by atoms with Gasteiger partial charge >= 0.3 is 0 Å². The molecule has 1 amide bonds. The van der Waals surface area contributed by atoms with Crippen molar-refractivity contribution < 1.29 is 24.9 Å². The van der Waals surface area contributed by atoms with Crippen LogP contribution in [0.15, 0.2) is 66.7 Å². The summed E-state index contributed by atoms with van der Waals surface area (Å²) in [5.41, 5.74) is 4.44. The Morgan fingerprint density at radius 3 is 2.63 bits per heavy atom. The molecule has 1 heterocycles.